The van der Waals surface area contributed by atoms with E-state index in [2.05, 4.69) is 17.1 Å². The molecule has 0 aliphatic rings. The Morgan fingerprint density at radius 2 is 2.69 bits per heavy atom. The molecule has 1 amide bonds. The number of hydrogen-bond donors (Lipinski definition) is 1. The van der Waals surface area contributed by atoms with Crippen LogP contribution in [0, 0.1) is 0 Å². The number of ether oxygens (including phenoxy) is 1. The van der Waals surface area contributed by atoms with Crippen LogP contribution < -0.4 is 10.1 Å². The van der Waals surface area contributed by atoms with E-state index in [-0.39, 0.29) is 17.5 Å². The lowest BCUT2D eigenvalue weighted by molar-refractivity contribution is 0.0921. The molecule has 0 spiro atoms. The molecule has 1 rings (SSSR count). The lowest BCUT2D eigenvalue weighted by atomic mass is 10.4. The lowest BCUT2D eigenvalue weighted by Crippen LogP contribution is -2.22. The van der Waals surface area contributed by atoms with E-state index in [1.165, 1.54) is 13.2 Å². The number of hydrogen-bond acceptors (Lipinski definition) is 4. The van der Waals surface area contributed by atoms with Crippen molar-refractivity contribution in [3.05, 3.63) is 24.5 Å². The number of carbonyl (C=O) groups is 1. The maximum atomic E-state index is 11.2. The van der Waals surface area contributed by atoms with Crippen molar-refractivity contribution >= 4 is 5.91 Å². The predicted octanol–water partition coefficient (Wildman–Crippen LogP) is 0.599. The van der Waals surface area contributed by atoms with Crippen LogP contribution in [-0.4, -0.2) is 24.7 Å². The first-order valence-corrected chi connectivity index (χ1v) is 3.67. The molecule has 0 aliphatic heterocycles. The maximum absolute atomic E-state index is 11.2. The minimum Gasteiger partial charge on any atom is -0.479 e. The highest BCUT2D eigenvalue weighted by atomic mass is 16.5. The van der Waals surface area contributed by atoms with Gasteiger partial charge in [0.2, 0.25) is 5.76 Å². The van der Waals surface area contributed by atoms with E-state index in [0.717, 1.165) is 0 Å². The first-order chi connectivity index (χ1) is 6.27. The minimum atomic E-state index is -0.337. The molecule has 0 fully saturated rings. The number of carbonyl (C=O) groups excluding carboxylic acids is 1. The summed E-state index contributed by atoms with van der Waals surface area (Å²) in [6, 6.07) is 1.42. The van der Waals surface area contributed by atoms with Crippen molar-refractivity contribution in [3.8, 4) is 5.88 Å². The minimum absolute atomic E-state index is 0.124. The molecular weight excluding hydrogens is 172 g/mol. The van der Waals surface area contributed by atoms with Crippen LogP contribution in [0.2, 0.25) is 0 Å². The molecule has 13 heavy (non-hydrogen) atoms. The Hall–Kier alpha value is -1.78. The fraction of sp³-hybridized carbons (Fsp3) is 0.250. The molecule has 0 unspecified atom stereocenters. The van der Waals surface area contributed by atoms with Crippen LogP contribution in [0.4, 0.5) is 0 Å². The van der Waals surface area contributed by atoms with Gasteiger partial charge in [0.1, 0.15) is 0 Å². The Kier molecular flexibility index (Phi) is 3.08. The van der Waals surface area contributed by atoms with E-state index < -0.39 is 0 Å². The average molecular weight is 182 g/mol. The highest BCUT2D eigenvalue weighted by Gasteiger charge is 2.11. The summed E-state index contributed by atoms with van der Waals surface area (Å²) in [7, 11) is 1.45. The van der Waals surface area contributed by atoms with Gasteiger partial charge < -0.3 is 14.6 Å². The molecule has 1 heterocycles. The molecular formula is C8H10N2O3. The van der Waals surface area contributed by atoms with Gasteiger partial charge in [-0.05, 0) is 5.16 Å². The molecule has 0 atom stereocenters. The number of amides is 1. The monoisotopic (exact) mass is 182 g/mol. The quantitative estimate of drug-likeness (QED) is 0.692. The van der Waals surface area contributed by atoms with Crippen LogP contribution in [0.3, 0.4) is 0 Å². The van der Waals surface area contributed by atoms with Crippen molar-refractivity contribution < 1.29 is 14.1 Å². The van der Waals surface area contributed by atoms with Gasteiger partial charge in [0.25, 0.3) is 11.8 Å². The Bertz CT molecular complexity index is 306. The molecule has 1 aromatic rings. The standard InChI is InChI=1S/C8H10N2O3/c1-3-4-9-8(11)6-5-7(12-2)10-13-6/h3,5H,1,4H2,2H3,(H,9,11). The van der Waals surface area contributed by atoms with E-state index >= 15 is 0 Å². The second-order valence-electron chi connectivity index (χ2n) is 2.23. The summed E-state index contributed by atoms with van der Waals surface area (Å²) in [6.07, 6.45) is 1.57. The van der Waals surface area contributed by atoms with Crippen molar-refractivity contribution in [2.24, 2.45) is 0 Å². The Morgan fingerprint density at radius 3 is 3.23 bits per heavy atom. The predicted molar refractivity (Wildman–Crippen MR) is 45.6 cm³/mol. The first-order valence-electron chi connectivity index (χ1n) is 3.67. The number of rotatable bonds is 4. The van der Waals surface area contributed by atoms with Gasteiger partial charge in [-0.2, -0.15) is 0 Å². The van der Waals surface area contributed by atoms with Crippen LogP contribution in [0.5, 0.6) is 5.88 Å². The van der Waals surface area contributed by atoms with Crippen molar-refractivity contribution in [2.75, 3.05) is 13.7 Å². The first kappa shape index (κ1) is 9.31. The molecule has 0 aromatic carbocycles. The zero-order chi connectivity index (χ0) is 9.68. The highest BCUT2D eigenvalue weighted by molar-refractivity contribution is 5.91. The summed E-state index contributed by atoms with van der Waals surface area (Å²) in [4.78, 5) is 11.2. The summed E-state index contributed by atoms with van der Waals surface area (Å²) in [5.41, 5.74) is 0. The Balaban J connectivity index is 2.60. The molecule has 5 heteroatoms. The van der Waals surface area contributed by atoms with Gasteiger partial charge in [-0.3, -0.25) is 4.79 Å². The van der Waals surface area contributed by atoms with Crippen LogP contribution in [0.15, 0.2) is 23.2 Å². The third kappa shape index (κ3) is 2.33. The summed E-state index contributed by atoms with van der Waals surface area (Å²) in [5.74, 6) is 0.0677. The molecule has 5 nitrogen and oxygen atoms in total. The topological polar surface area (TPSA) is 64.4 Å². The Morgan fingerprint density at radius 1 is 1.92 bits per heavy atom. The summed E-state index contributed by atoms with van der Waals surface area (Å²) in [5, 5.41) is 6.02. The van der Waals surface area contributed by atoms with E-state index in [4.69, 9.17) is 9.26 Å². The highest BCUT2D eigenvalue weighted by Crippen LogP contribution is 2.09. The second kappa shape index (κ2) is 4.30. The number of nitrogens with one attached hydrogen (secondary N) is 1. The fourth-order valence-electron chi connectivity index (χ4n) is 0.714. The molecule has 0 radical (unpaired) electrons. The molecule has 0 saturated carbocycles. The molecule has 0 bridgehead atoms. The second-order valence-corrected chi connectivity index (χ2v) is 2.23. The molecule has 1 N–H and O–H groups in total. The SMILES string of the molecule is C=CCNC(=O)c1cc(OC)no1. The summed E-state index contributed by atoms with van der Waals surface area (Å²) >= 11 is 0. The van der Waals surface area contributed by atoms with Gasteiger partial charge in [-0.25, -0.2) is 0 Å². The van der Waals surface area contributed by atoms with Gasteiger partial charge in [0.15, 0.2) is 0 Å². The molecule has 70 valence electrons. The lowest BCUT2D eigenvalue weighted by Gasteiger charge is -1.95. The van der Waals surface area contributed by atoms with Gasteiger partial charge in [-0.15, -0.1) is 6.58 Å². The fourth-order valence-corrected chi connectivity index (χ4v) is 0.714. The smallest absolute Gasteiger partial charge is 0.290 e. The van der Waals surface area contributed by atoms with E-state index in [1.54, 1.807) is 6.08 Å². The molecule has 0 aliphatic carbocycles. The van der Waals surface area contributed by atoms with E-state index in [9.17, 15) is 4.79 Å². The van der Waals surface area contributed by atoms with Gasteiger partial charge in [0.05, 0.1) is 13.2 Å². The summed E-state index contributed by atoms with van der Waals surface area (Å²) < 4.78 is 9.44. The summed E-state index contributed by atoms with van der Waals surface area (Å²) in [6.45, 7) is 3.85. The number of aromatic nitrogens is 1. The van der Waals surface area contributed by atoms with Crippen LogP contribution >= 0.6 is 0 Å². The van der Waals surface area contributed by atoms with Crippen LogP contribution in [-0.2, 0) is 0 Å². The third-order valence-corrected chi connectivity index (χ3v) is 1.33. The van der Waals surface area contributed by atoms with Gasteiger partial charge in [0, 0.05) is 6.54 Å². The molecule has 0 saturated heterocycles. The van der Waals surface area contributed by atoms with Crippen LogP contribution in [0.1, 0.15) is 10.6 Å². The van der Waals surface area contributed by atoms with Crippen molar-refractivity contribution in [1.29, 1.82) is 0 Å². The van der Waals surface area contributed by atoms with Crippen molar-refractivity contribution in [1.82, 2.24) is 10.5 Å². The number of nitrogens with zero attached hydrogens (tertiary/aromatic N) is 1. The third-order valence-electron chi connectivity index (χ3n) is 1.33. The largest absolute Gasteiger partial charge is 0.479 e. The van der Waals surface area contributed by atoms with Crippen molar-refractivity contribution in [3.63, 3.8) is 0 Å². The van der Waals surface area contributed by atoms with Crippen molar-refractivity contribution in [2.45, 2.75) is 0 Å². The average Bonchev–Trinajstić information content (AvgIpc) is 2.62. The zero-order valence-corrected chi connectivity index (χ0v) is 7.24. The van der Waals surface area contributed by atoms with Gasteiger partial charge in [-0.1, -0.05) is 6.08 Å². The van der Waals surface area contributed by atoms with E-state index in [0.29, 0.717) is 6.54 Å². The zero-order valence-electron chi connectivity index (χ0n) is 7.24. The van der Waals surface area contributed by atoms with Crippen LogP contribution in [0.25, 0.3) is 0 Å². The van der Waals surface area contributed by atoms with Gasteiger partial charge >= 0.3 is 0 Å². The maximum Gasteiger partial charge on any atom is 0.290 e. The van der Waals surface area contributed by atoms with E-state index in [1.807, 2.05) is 0 Å². The normalized spacial score (nSPS) is 9.31. The molecule has 1 aromatic heterocycles. The number of methoxy groups -OCH3 is 1. The Labute approximate surface area is 75.4 Å².